The summed E-state index contributed by atoms with van der Waals surface area (Å²) in [5.74, 6) is 0.0339. The minimum atomic E-state index is -0.280. The molecule has 0 spiro atoms. The molecule has 8 heteroatoms. The van der Waals surface area contributed by atoms with Crippen LogP contribution in [-0.2, 0) is 11.2 Å². The number of hydrogen-bond acceptors (Lipinski definition) is 4. The molecular weight excluding hydrogens is 396 g/mol. The lowest BCUT2D eigenvalue weighted by molar-refractivity contribution is -0.115. The molecule has 3 N–H and O–H groups in total. The van der Waals surface area contributed by atoms with Gasteiger partial charge in [0.2, 0.25) is 5.91 Å². The Morgan fingerprint density at radius 1 is 1.04 bits per heavy atom. The van der Waals surface area contributed by atoms with E-state index in [0.29, 0.717) is 31.6 Å². The molecule has 0 saturated carbocycles. The maximum absolute atomic E-state index is 12.5. The predicted molar refractivity (Wildman–Crippen MR) is 112 cm³/mol. The van der Waals surface area contributed by atoms with E-state index in [9.17, 15) is 9.59 Å². The summed E-state index contributed by atoms with van der Waals surface area (Å²) < 4.78 is 0. The maximum atomic E-state index is 12.5. The molecule has 140 valence electrons. The van der Waals surface area contributed by atoms with Crippen molar-refractivity contribution < 1.29 is 9.59 Å². The first-order chi connectivity index (χ1) is 13.6. The largest absolute Gasteiger partial charge is 0.320 e. The number of hydrogen-bond donors (Lipinski definition) is 3. The van der Waals surface area contributed by atoms with E-state index in [-0.39, 0.29) is 18.2 Å². The number of aromatic amines is 1. The fraction of sp³-hybridized carbons (Fsp3) is 0.0500. The maximum Gasteiger partial charge on any atom is 0.265 e. The van der Waals surface area contributed by atoms with Crippen LogP contribution in [0.15, 0.2) is 60.7 Å². The minimum Gasteiger partial charge on any atom is -0.320 e. The Kier molecular flexibility index (Phi) is 5.10. The first-order valence-electron chi connectivity index (χ1n) is 8.48. The number of fused-ring (bicyclic) bond motifs is 1. The molecule has 2 aromatic heterocycles. The van der Waals surface area contributed by atoms with Crippen molar-refractivity contribution in [2.75, 3.05) is 10.6 Å². The molecule has 0 aliphatic rings. The van der Waals surface area contributed by atoms with Gasteiger partial charge in [0, 0.05) is 0 Å². The van der Waals surface area contributed by atoms with Gasteiger partial charge in [-0.2, -0.15) is 5.10 Å². The number of amides is 2. The van der Waals surface area contributed by atoms with Gasteiger partial charge in [-0.1, -0.05) is 54.1 Å². The Morgan fingerprint density at radius 2 is 1.79 bits per heavy atom. The summed E-state index contributed by atoms with van der Waals surface area (Å²) in [4.78, 5) is 25.9. The van der Waals surface area contributed by atoms with E-state index in [1.165, 1.54) is 11.3 Å². The van der Waals surface area contributed by atoms with Gasteiger partial charge in [0.15, 0.2) is 0 Å². The molecule has 0 unspecified atom stereocenters. The first kappa shape index (κ1) is 18.2. The second-order valence-corrected chi connectivity index (χ2v) is 7.51. The highest BCUT2D eigenvalue weighted by atomic mass is 35.5. The number of anilines is 2. The number of nitrogens with zero attached hydrogens (tertiary/aromatic N) is 1. The summed E-state index contributed by atoms with van der Waals surface area (Å²) in [6.07, 6.45) is 0.255. The average Bonchev–Trinajstić information content (AvgIpc) is 3.26. The van der Waals surface area contributed by atoms with Gasteiger partial charge in [-0.3, -0.25) is 14.7 Å². The third-order valence-electron chi connectivity index (χ3n) is 4.07. The molecule has 0 aliphatic heterocycles. The van der Waals surface area contributed by atoms with Crippen LogP contribution in [0.2, 0.25) is 5.02 Å². The van der Waals surface area contributed by atoms with Crippen molar-refractivity contribution in [3.63, 3.8) is 0 Å². The lowest BCUT2D eigenvalue weighted by atomic mass is 10.1. The van der Waals surface area contributed by atoms with Crippen LogP contribution >= 0.6 is 22.9 Å². The first-order valence-corrected chi connectivity index (χ1v) is 9.67. The topological polar surface area (TPSA) is 86.9 Å². The van der Waals surface area contributed by atoms with Gasteiger partial charge in [-0.05, 0) is 23.8 Å². The minimum absolute atomic E-state index is 0.162. The Labute approximate surface area is 169 Å². The highest BCUT2D eigenvalue weighted by Gasteiger charge is 2.17. The molecule has 0 aliphatic carbocycles. The number of rotatable bonds is 5. The monoisotopic (exact) mass is 410 g/mol. The number of carbonyl (C=O) groups excluding carboxylic acids is 2. The van der Waals surface area contributed by atoms with Crippen molar-refractivity contribution in [3.05, 3.63) is 76.1 Å². The molecule has 4 rings (SSSR count). The van der Waals surface area contributed by atoms with Crippen molar-refractivity contribution in [2.24, 2.45) is 0 Å². The number of thiophene rings is 1. The molecule has 28 heavy (non-hydrogen) atoms. The van der Waals surface area contributed by atoms with E-state index in [0.717, 1.165) is 5.56 Å². The molecule has 0 radical (unpaired) electrons. The van der Waals surface area contributed by atoms with Crippen molar-refractivity contribution >= 4 is 56.5 Å². The molecular formula is C20H15ClN4O2S. The smallest absolute Gasteiger partial charge is 0.265 e. The molecule has 4 aromatic rings. The number of nitrogens with one attached hydrogen (secondary N) is 3. The quantitative estimate of drug-likeness (QED) is 0.445. The van der Waals surface area contributed by atoms with Crippen molar-refractivity contribution in [2.45, 2.75) is 6.42 Å². The zero-order valence-electron chi connectivity index (χ0n) is 14.5. The fourth-order valence-electron chi connectivity index (χ4n) is 2.73. The van der Waals surface area contributed by atoms with E-state index in [4.69, 9.17) is 11.6 Å². The zero-order valence-corrected chi connectivity index (χ0v) is 16.1. The Balaban J connectivity index is 1.49. The predicted octanol–water partition coefficient (Wildman–Crippen LogP) is 4.71. The van der Waals surface area contributed by atoms with Crippen LogP contribution in [0.4, 0.5) is 11.5 Å². The van der Waals surface area contributed by atoms with E-state index in [2.05, 4.69) is 20.8 Å². The summed E-state index contributed by atoms with van der Waals surface area (Å²) in [6, 6.07) is 18.2. The molecule has 2 amide bonds. The number of benzene rings is 2. The third-order valence-corrected chi connectivity index (χ3v) is 5.43. The van der Waals surface area contributed by atoms with Gasteiger partial charge in [0.05, 0.1) is 27.4 Å². The van der Waals surface area contributed by atoms with Crippen LogP contribution in [0.25, 0.3) is 10.2 Å². The van der Waals surface area contributed by atoms with Crippen LogP contribution in [-0.4, -0.2) is 22.0 Å². The normalized spacial score (nSPS) is 10.8. The van der Waals surface area contributed by atoms with Gasteiger partial charge in [-0.15, -0.1) is 11.3 Å². The van der Waals surface area contributed by atoms with Crippen molar-refractivity contribution in [3.8, 4) is 0 Å². The summed E-state index contributed by atoms with van der Waals surface area (Å²) in [6.45, 7) is 0. The molecule has 0 atom stereocenters. The number of aromatic nitrogens is 2. The van der Waals surface area contributed by atoms with E-state index in [1.54, 1.807) is 30.3 Å². The van der Waals surface area contributed by atoms with E-state index in [1.807, 2.05) is 30.3 Å². The molecule has 0 fully saturated rings. The average molecular weight is 411 g/mol. The van der Waals surface area contributed by atoms with Gasteiger partial charge in [0.25, 0.3) is 5.91 Å². The van der Waals surface area contributed by atoms with E-state index >= 15 is 0 Å². The summed E-state index contributed by atoms with van der Waals surface area (Å²) in [5.41, 5.74) is 1.46. The summed E-state index contributed by atoms with van der Waals surface area (Å²) >= 11 is 7.32. The second kappa shape index (κ2) is 7.84. The standard InChI is InChI=1S/C20H15ClN4O2S/c21-14-8-4-5-9-15(14)22-19(27)16-11-13-18(24-25-20(13)28-16)23-17(26)10-12-6-2-1-3-7-12/h1-9,11H,10H2,(H,22,27)(H2,23,24,25,26). The van der Waals surface area contributed by atoms with Crippen LogP contribution < -0.4 is 10.6 Å². The van der Waals surface area contributed by atoms with Gasteiger partial charge in [0.1, 0.15) is 10.6 Å². The van der Waals surface area contributed by atoms with E-state index < -0.39 is 0 Å². The fourth-order valence-corrected chi connectivity index (χ4v) is 3.80. The van der Waals surface area contributed by atoms with Gasteiger partial charge in [-0.25, -0.2) is 0 Å². The Bertz CT molecular complexity index is 1150. The SMILES string of the molecule is O=C(Cc1ccccc1)Nc1[nH]nc2sc(C(=O)Nc3ccccc3Cl)cc12. The Morgan fingerprint density at radius 3 is 2.57 bits per heavy atom. The highest BCUT2D eigenvalue weighted by Crippen LogP contribution is 2.30. The Hall–Kier alpha value is -3.16. The third kappa shape index (κ3) is 3.90. The van der Waals surface area contributed by atoms with Crippen LogP contribution in [0.1, 0.15) is 15.2 Å². The van der Waals surface area contributed by atoms with Crippen LogP contribution in [0.5, 0.6) is 0 Å². The number of para-hydroxylation sites is 1. The number of carbonyl (C=O) groups is 2. The van der Waals surface area contributed by atoms with Crippen LogP contribution in [0, 0.1) is 0 Å². The number of halogens is 1. The highest BCUT2D eigenvalue weighted by molar-refractivity contribution is 7.20. The van der Waals surface area contributed by atoms with Crippen molar-refractivity contribution in [1.82, 2.24) is 10.2 Å². The second-order valence-electron chi connectivity index (χ2n) is 6.07. The lowest BCUT2D eigenvalue weighted by Crippen LogP contribution is -2.14. The summed E-state index contributed by atoms with van der Waals surface area (Å²) in [5, 5.41) is 13.8. The number of H-pyrrole nitrogens is 1. The van der Waals surface area contributed by atoms with Gasteiger partial charge < -0.3 is 10.6 Å². The molecule has 2 aromatic carbocycles. The molecule has 0 saturated heterocycles. The van der Waals surface area contributed by atoms with Crippen molar-refractivity contribution in [1.29, 1.82) is 0 Å². The van der Waals surface area contributed by atoms with Crippen LogP contribution in [0.3, 0.4) is 0 Å². The lowest BCUT2D eigenvalue weighted by Gasteiger charge is -2.05. The zero-order chi connectivity index (χ0) is 19.5. The molecule has 2 heterocycles. The molecule has 6 nitrogen and oxygen atoms in total. The summed E-state index contributed by atoms with van der Waals surface area (Å²) in [7, 11) is 0. The van der Waals surface area contributed by atoms with Gasteiger partial charge >= 0.3 is 0 Å². The molecule has 0 bridgehead atoms.